The molecule has 3 rings (SSSR count). The summed E-state index contributed by atoms with van der Waals surface area (Å²) in [5.41, 5.74) is 1.12. The number of benzene rings is 2. The molecule has 0 saturated carbocycles. The van der Waals surface area contributed by atoms with Gasteiger partial charge in [-0.15, -0.1) is 24.0 Å². The second-order valence-corrected chi connectivity index (χ2v) is 7.72. The third-order valence-corrected chi connectivity index (χ3v) is 5.46. The molecule has 2 aromatic carbocycles. The van der Waals surface area contributed by atoms with Crippen molar-refractivity contribution in [1.82, 2.24) is 10.6 Å². The number of nitrogens with one attached hydrogen (secondary N) is 2. The number of aliphatic imine (C=N–C) groups is 1. The van der Waals surface area contributed by atoms with Crippen LogP contribution < -0.4 is 29.7 Å². The molecule has 1 aliphatic heterocycles. The lowest BCUT2D eigenvalue weighted by Crippen LogP contribution is -2.49. The van der Waals surface area contributed by atoms with Gasteiger partial charge >= 0.3 is 0 Å². The van der Waals surface area contributed by atoms with Crippen molar-refractivity contribution in [2.75, 3.05) is 52.4 Å². The average molecular weight is 575 g/mol. The maximum Gasteiger partial charge on any atom is 0.191 e. The summed E-state index contributed by atoms with van der Waals surface area (Å²) >= 11 is 5.98. The van der Waals surface area contributed by atoms with E-state index >= 15 is 0 Å². The number of hydrogen-bond acceptors (Lipinski definition) is 5. The molecule has 0 spiro atoms. The van der Waals surface area contributed by atoms with Gasteiger partial charge in [0, 0.05) is 55.1 Å². The molecule has 1 heterocycles. The summed E-state index contributed by atoms with van der Waals surface area (Å²) in [6, 6.07) is 13.8. The highest BCUT2D eigenvalue weighted by Gasteiger charge is 2.21. The van der Waals surface area contributed by atoms with Gasteiger partial charge in [-0.3, -0.25) is 4.99 Å². The quantitative estimate of drug-likeness (QED) is 0.213. The third kappa shape index (κ3) is 7.81. The van der Waals surface area contributed by atoms with Crippen LogP contribution in [0.25, 0.3) is 0 Å². The van der Waals surface area contributed by atoms with Crippen molar-refractivity contribution in [2.45, 2.75) is 18.9 Å². The molecule has 7 nitrogen and oxygen atoms in total. The molecular formula is C23H32ClIN4O3. The number of nitrogens with zero attached hydrogens (tertiary/aromatic N) is 2. The van der Waals surface area contributed by atoms with Gasteiger partial charge in [0.2, 0.25) is 0 Å². The summed E-state index contributed by atoms with van der Waals surface area (Å²) in [5.74, 6) is 3.16. The lowest BCUT2D eigenvalue weighted by molar-refractivity contribution is 0.321. The molecular weight excluding hydrogens is 543 g/mol. The Balaban J connectivity index is 0.00000363. The third-order valence-electron chi connectivity index (χ3n) is 5.22. The molecule has 1 saturated heterocycles. The molecule has 0 radical (unpaired) electrons. The van der Waals surface area contributed by atoms with Gasteiger partial charge in [-0.25, -0.2) is 0 Å². The summed E-state index contributed by atoms with van der Waals surface area (Å²) in [7, 11) is 5.13. The smallest absolute Gasteiger partial charge is 0.191 e. The summed E-state index contributed by atoms with van der Waals surface area (Å²) in [5, 5.41) is 7.49. The van der Waals surface area contributed by atoms with Crippen LogP contribution >= 0.6 is 35.6 Å². The number of rotatable bonds is 8. The Labute approximate surface area is 212 Å². The first-order chi connectivity index (χ1) is 15.1. The number of hydrogen-bond donors (Lipinski definition) is 2. The van der Waals surface area contributed by atoms with E-state index in [-0.39, 0.29) is 24.0 Å². The highest BCUT2D eigenvalue weighted by atomic mass is 127. The molecule has 0 aliphatic carbocycles. The van der Waals surface area contributed by atoms with Crippen molar-refractivity contribution in [2.24, 2.45) is 4.99 Å². The fraction of sp³-hybridized carbons (Fsp3) is 0.435. The van der Waals surface area contributed by atoms with E-state index in [4.69, 9.17) is 25.8 Å². The fourth-order valence-corrected chi connectivity index (χ4v) is 3.72. The van der Waals surface area contributed by atoms with Crippen LogP contribution in [0.3, 0.4) is 0 Å². The van der Waals surface area contributed by atoms with Gasteiger partial charge in [0.05, 0.1) is 20.8 Å². The average Bonchev–Trinajstić information content (AvgIpc) is 2.81. The molecule has 2 aromatic rings. The minimum atomic E-state index is 0. The lowest BCUT2D eigenvalue weighted by atomic mass is 10.0. The zero-order valence-corrected chi connectivity index (χ0v) is 21.9. The van der Waals surface area contributed by atoms with Gasteiger partial charge in [-0.2, -0.15) is 0 Å². The van der Waals surface area contributed by atoms with Gasteiger partial charge in [-0.05, 0) is 31.0 Å². The standard InChI is InChI=1S/C23H31ClN4O3.HI/c1-25-23(26-9-12-31-20-6-4-5-17(24)13-20)27-18-7-10-28(11-8-18)19-14-21(29-2)16-22(15-19)30-3;/h4-6,13-16,18H,7-12H2,1-3H3,(H2,25,26,27);1H. The van der Waals surface area contributed by atoms with Gasteiger partial charge in [-0.1, -0.05) is 17.7 Å². The Morgan fingerprint density at radius 3 is 2.34 bits per heavy atom. The molecule has 0 aromatic heterocycles. The number of methoxy groups -OCH3 is 2. The zero-order valence-electron chi connectivity index (χ0n) is 18.8. The van der Waals surface area contributed by atoms with E-state index in [9.17, 15) is 0 Å². The van der Waals surface area contributed by atoms with Crippen molar-refractivity contribution in [3.8, 4) is 17.2 Å². The van der Waals surface area contributed by atoms with Crippen LogP contribution in [0.15, 0.2) is 47.5 Å². The van der Waals surface area contributed by atoms with E-state index in [0.717, 1.165) is 54.8 Å². The zero-order chi connectivity index (χ0) is 22.1. The molecule has 0 bridgehead atoms. The van der Waals surface area contributed by atoms with Crippen LogP contribution in [-0.2, 0) is 0 Å². The molecule has 0 amide bonds. The van der Waals surface area contributed by atoms with E-state index in [1.54, 1.807) is 27.3 Å². The van der Waals surface area contributed by atoms with Gasteiger partial charge in [0.15, 0.2) is 5.96 Å². The van der Waals surface area contributed by atoms with Crippen LogP contribution in [0.2, 0.25) is 5.02 Å². The van der Waals surface area contributed by atoms with Crippen molar-refractivity contribution < 1.29 is 14.2 Å². The van der Waals surface area contributed by atoms with E-state index in [1.807, 2.05) is 24.3 Å². The van der Waals surface area contributed by atoms with Crippen LogP contribution in [0, 0.1) is 0 Å². The highest BCUT2D eigenvalue weighted by Crippen LogP contribution is 2.30. The largest absolute Gasteiger partial charge is 0.497 e. The maximum absolute atomic E-state index is 5.98. The highest BCUT2D eigenvalue weighted by molar-refractivity contribution is 14.0. The summed E-state index contributed by atoms with van der Waals surface area (Å²) in [4.78, 5) is 6.69. The van der Waals surface area contributed by atoms with Crippen molar-refractivity contribution in [3.63, 3.8) is 0 Å². The van der Waals surface area contributed by atoms with Gasteiger partial charge in [0.25, 0.3) is 0 Å². The lowest BCUT2D eigenvalue weighted by Gasteiger charge is -2.34. The van der Waals surface area contributed by atoms with Crippen molar-refractivity contribution in [1.29, 1.82) is 0 Å². The first kappa shape index (κ1) is 26.2. The fourth-order valence-electron chi connectivity index (χ4n) is 3.54. The predicted molar refractivity (Wildman–Crippen MR) is 142 cm³/mol. The normalized spacial score (nSPS) is 14.4. The Hall–Kier alpha value is -2.07. The predicted octanol–water partition coefficient (Wildman–Crippen LogP) is 4.19. The molecule has 0 atom stereocenters. The van der Waals surface area contributed by atoms with Crippen LogP contribution in [-0.4, -0.2) is 59.5 Å². The number of anilines is 1. The number of guanidine groups is 1. The topological polar surface area (TPSA) is 67.4 Å². The van der Waals surface area contributed by atoms with Crippen LogP contribution in [0.1, 0.15) is 12.8 Å². The SMILES string of the molecule is CN=C(NCCOc1cccc(Cl)c1)NC1CCN(c2cc(OC)cc(OC)c2)CC1.I. The summed E-state index contributed by atoms with van der Waals surface area (Å²) in [6.45, 7) is 3.07. The minimum Gasteiger partial charge on any atom is -0.497 e. The Morgan fingerprint density at radius 2 is 1.75 bits per heavy atom. The molecule has 2 N–H and O–H groups in total. The van der Waals surface area contributed by atoms with Crippen molar-refractivity contribution in [3.05, 3.63) is 47.5 Å². The molecule has 176 valence electrons. The monoisotopic (exact) mass is 574 g/mol. The maximum atomic E-state index is 5.98. The first-order valence-electron chi connectivity index (χ1n) is 10.4. The van der Waals surface area contributed by atoms with Gasteiger partial charge < -0.3 is 29.7 Å². The first-order valence-corrected chi connectivity index (χ1v) is 10.8. The molecule has 0 unspecified atom stereocenters. The van der Waals surface area contributed by atoms with E-state index in [2.05, 4.69) is 32.7 Å². The second-order valence-electron chi connectivity index (χ2n) is 7.28. The molecule has 32 heavy (non-hydrogen) atoms. The number of piperidine rings is 1. The molecule has 1 fully saturated rings. The molecule has 9 heteroatoms. The van der Waals surface area contributed by atoms with E-state index in [1.165, 1.54) is 0 Å². The number of halogens is 2. The van der Waals surface area contributed by atoms with Gasteiger partial charge in [0.1, 0.15) is 23.9 Å². The Kier molecular flexibility index (Phi) is 11.0. The second kappa shape index (κ2) is 13.5. The number of ether oxygens (including phenoxy) is 3. The van der Waals surface area contributed by atoms with Crippen LogP contribution in [0.5, 0.6) is 17.2 Å². The Morgan fingerprint density at radius 1 is 1.06 bits per heavy atom. The van der Waals surface area contributed by atoms with Crippen LogP contribution in [0.4, 0.5) is 5.69 Å². The van der Waals surface area contributed by atoms with Crippen molar-refractivity contribution >= 4 is 47.2 Å². The Bertz CT molecular complexity index is 854. The summed E-state index contributed by atoms with van der Waals surface area (Å²) in [6.07, 6.45) is 2.03. The minimum absolute atomic E-state index is 0. The summed E-state index contributed by atoms with van der Waals surface area (Å²) < 4.78 is 16.5. The van der Waals surface area contributed by atoms with E-state index < -0.39 is 0 Å². The van der Waals surface area contributed by atoms with E-state index in [0.29, 0.717) is 24.2 Å². The molecule has 1 aliphatic rings.